The van der Waals surface area contributed by atoms with Crippen LogP contribution in [0.1, 0.15) is 23.0 Å². The second-order valence-electron chi connectivity index (χ2n) is 3.02. The van der Waals surface area contributed by atoms with Crippen LogP contribution in [-0.2, 0) is 16.1 Å². The quantitative estimate of drug-likeness (QED) is 0.306. The van der Waals surface area contributed by atoms with Crippen molar-refractivity contribution in [2.24, 2.45) is 5.84 Å². The number of nitrogens with one attached hydrogen (secondary N) is 1. The van der Waals surface area contributed by atoms with Crippen molar-refractivity contribution in [2.45, 2.75) is 13.5 Å². The third-order valence-corrected chi connectivity index (χ3v) is 1.87. The van der Waals surface area contributed by atoms with Crippen LogP contribution in [-0.4, -0.2) is 25.7 Å². The van der Waals surface area contributed by atoms with E-state index in [1.807, 2.05) is 12.3 Å². The molecule has 0 bridgehead atoms. The van der Waals surface area contributed by atoms with E-state index in [0.29, 0.717) is 37.8 Å². The zero-order valence-electron chi connectivity index (χ0n) is 9.19. The second kappa shape index (κ2) is 7.00. The van der Waals surface area contributed by atoms with E-state index in [1.54, 1.807) is 6.07 Å². The number of hydrogen-bond donors (Lipinski definition) is 2. The zero-order valence-corrected chi connectivity index (χ0v) is 9.19. The first-order valence-corrected chi connectivity index (χ1v) is 5.01. The van der Waals surface area contributed by atoms with Gasteiger partial charge in [0.15, 0.2) is 0 Å². The Labute approximate surface area is 93.7 Å². The van der Waals surface area contributed by atoms with Crippen LogP contribution in [0.15, 0.2) is 16.7 Å². The largest absolute Gasteiger partial charge is 0.466 e. The fourth-order valence-corrected chi connectivity index (χ4v) is 1.09. The molecule has 0 aliphatic heterocycles. The van der Waals surface area contributed by atoms with Crippen LogP contribution in [0.2, 0.25) is 0 Å². The van der Waals surface area contributed by atoms with Crippen LogP contribution < -0.4 is 11.3 Å². The lowest BCUT2D eigenvalue weighted by atomic mass is 10.3. The Morgan fingerprint density at radius 3 is 2.94 bits per heavy atom. The molecule has 0 saturated carbocycles. The number of carbonyl (C=O) groups excluding carboxylic acids is 1. The highest BCUT2D eigenvalue weighted by Crippen LogP contribution is 2.08. The molecule has 1 aromatic heterocycles. The summed E-state index contributed by atoms with van der Waals surface area (Å²) in [6.45, 7) is 3.94. The molecule has 1 amide bonds. The van der Waals surface area contributed by atoms with Gasteiger partial charge >= 0.3 is 0 Å². The van der Waals surface area contributed by atoms with E-state index >= 15 is 0 Å². The molecule has 6 heteroatoms. The molecule has 0 atom stereocenters. The standard InChI is InChI=1S/C10H16N2O4/c1-2-14-3-4-15-7-9-5-8(6-16-9)10(13)12-11/h5-6H,2-4,7,11H2,1H3,(H,12,13). The number of ether oxygens (including phenoxy) is 2. The van der Waals surface area contributed by atoms with Crippen LogP contribution in [0.25, 0.3) is 0 Å². The predicted octanol–water partition coefficient (Wildman–Crippen LogP) is 0.436. The molecule has 0 aliphatic carbocycles. The van der Waals surface area contributed by atoms with Gasteiger partial charge in [-0.15, -0.1) is 0 Å². The van der Waals surface area contributed by atoms with E-state index < -0.39 is 0 Å². The molecule has 1 rings (SSSR count). The second-order valence-corrected chi connectivity index (χ2v) is 3.02. The summed E-state index contributed by atoms with van der Waals surface area (Å²) in [5.74, 6) is 5.17. The number of hydrogen-bond acceptors (Lipinski definition) is 5. The van der Waals surface area contributed by atoms with Crippen molar-refractivity contribution in [3.8, 4) is 0 Å². The zero-order chi connectivity index (χ0) is 11.8. The van der Waals surface area contributed by atoms with Crippen molar-refractivity contribution in [1.29, 1.82) is 0 Å². The summed E-state index contributed by atoms with van der Waals surface area (Å²) in [5.41, 5.74) is 2.40. The normalized spacial score (nSPS) is 10.4. The molecule has 0 spiro atoms. The minimum Gasteiger partial charge on any atom is -0.466 e. The molecular weight excluding hydrogens is 212 g/mol. The summed E-state index contributed by atoms with van der Waals surface area (Å²) >= 11 is 0. The molecule has 3 N–H and O–H groups in total. The lowest BCUT2D eigenvalue weighted by Crippen LogP contribution is -2.29. The monoisotopic (exact) mass is 228 g/mol. The molecule has 90 valence electrons. The van der Waals surface area contributed by atoms with Crippen molar-refractivity contribution in [3.63, 3.8) is 0 Å². The number of amides is 1. The highest BCUT2D eigenvalue weighted by Gasteiger charge is 2.08. The molecule has 0 radical (unpaired) electrons. The molecule has 0 unspecified atom stereocenters. The van der Waals surface area contributed by atoms with E-state index in [4.69, 9.17) is 19.7 Å². The first-order chi connectivity index (χ1) is 7.77. The van der Waals surface area contributed by atoms with Gasteiger partial charge in [0.2, 0.25) is 0 Å². The highest BCUT2D eigenvalue weighted by atomic mass is 16.5. The Morgan fingerprint density at radius 2 is 2.25 bits per heavy atom. The minimum atomic E-state index is -0.385. The lowest BCUT2D eigenvalue weighted by Gasteiger charge is -2.01. The van der Waals surface area contributed by atoms with Gasteiger partial charge in [0, 0.05) is 6.61 Å². The van der Waals surface area contributed by atoms with E-state index in [1.165, 1.54) is 6.26 Å². The number of nitrogens with two attached hydrogens (primary N) is 1. The third-order valence-electron chi connectivity index (χ3n) is 1.87. The molecular formula is C10H16N2O4. The van der Waals surface area contributed by atoms with Gasteiger partial charge in [-0.1, -0.05) is 0 Å². The summed E-state index contributed by atoms with van der Waals surface area (Å²) in [4.78, 5) is 11.1. The van der Waals surface area contributed by atoms with Crippen LogP contribution in [0, 0.1) is 0 Å². The number of furan rings is 1. The van der Waals surface area contributed by atoms with E-state index in [9.17, 15) is 4.79 Å². The first kappa shape index (κ1) is 12.7. The maximum atomic E-state index is 11.1. The van der Waals surface area contributed by atoms with Crippen molar-refractivity contribution in [3.05, 3.63) is 23.7 Å². The van der Waals surface area contributed by atoms with Crippen LogP contribution in [0.3, 0.4) is 0 Å². The topological polar surface area (TPSA) is 86.7 Å². The molecule has 0 aliphatic rings. The average Bonchev–Trinajstić information content (AvgIpc) is 2.76. The van der Waals surface area contributed by atoms with Crippen LogP contribution in [0.5, 0.6) is 0 Å². The smallest absolute Gasteiger partial charge is 0.268 e. The number of rotatable bonds is 7. The molecule has 1 heterocycles. The Kier molecular flexibility index (Phi) is 5.55. The molecule has 0 fully saturated rings. The number of nitrogen functional groups attached to an aromatic ring is 1. The molecule has 1 aromatic rings. The Hall–Kier alpha value is -1.37. The number of hydrazine groups is 1. The maximum Gasteiger partial charge on any atom is 0.268 e. The maximum absolute atomic E-state index is 11.1. The summed E-state index contributed by atoms with van der Waals surface area (Å²) in [6, 6.07) is 1.59. The molecule has 0 saturated heterocycles. The summed E-state index contributed by atoms with van der Waals surface area (Å²) in [5, 5.41) is 0. The van der Waals surface area contributed by atoms with Crippen LogP contribution in [0.4, 0.5) is 0 Å². The summed E-state index contributed by atoms with van der Waals surface area (Å²) in [6.07, 6.45) is 1.34. The van der Waals surface area contributed by atoms with Gasteiger partial charge in [-0.3, -0.25) is 10.2 Å². The SMILES string of the molecule is CCOCCOCc1cc(C(=O)NN)co1. The van der Waals surface area contributed by atoms with Gasteiger partial charge in [0.25, 0.3) is 5.91 Å². The van der Waals surface area contributed by atoms with Gasteiger partial charge in [0.05, 0.1) is 18.8 Å². The first-order valence-electron chi connectivity index (χ1n) is 5.01. The highest BCUT2D eigenvalue weighted by molar-refractivity contribution is 5.93. The lowest BCUT2D eigenvalue weighted by molar-refractivity contribution is 0.0390. The van der Waals surface area contributed by atoms with Crippen molar-refractivity contribution in [2.75, 3.05) is 19.8 Å². The van der Waals surface area contributed by atoms with Crippen molar-refractivity contribution < 1.29 is 18.7 Å². The molecule has 6 nitrogen and oxygen atoms in total. The van der Waals surface area contributed by atoms with E-state index in [2.05, 4.69) is 0 Å². The Morgan fingerprint density at radius 1 is 1.50 bits per heavy atom. The summed E-state index contributed by atoms with van der Waals surface area (Å²) in [7, 11) is 0. The fourth-order valence-electron chi connectivity index (χ4n) is 1.09. The van der Waals surface area contributed by atoms with Gasteiger partial charge in [-0.2, -0.15) is 0 Å². The molecule has 0 aromatic carbocycles. The average molecular weight is 228 g/mol. The van der Waals surface area contributed by atoms with Crippen molar-refractivity contribution >= 4 is 5.91 Å². The third kappa shape index (κ3) is 4.01. The summed E-state index contributed by atoms with van der Waals surface area (Å²) < 4.78 is 15.5. The van der Waals surface area contributed by atoms with Gasteiger partial charge in [-0.05, 0) is 13.0 Å². The minimum absolute atomic E-state index is 0.310. The van der Waals surface area contributed by atoms with E-state index in [0.717, 1.165) is 0 Å². The molecule has 16 heavy (non-hydrogen) atoms. The van der Waals surface area contributed by atoms with Gasteiger partial charge in [-0.25, -0.2) is 5.84 Å². The van der Waals surface area contributed by atoms with Crippen molar-refractivity contribution in [1.82, 2.24) is 5.43 Å². The Balaban J connectivity index is 2.27. The predicted molar refractivity (Wildman–Crippen MR) is 56.5 cm³/mol. The van der Waals surface area contributed by atoms with E-state index in [-0.39, 0.29) is 5.91 Å². The Bertz CT molecular complexity index is 324. The van der Waals surface area contributed by atoms with Gasteiger partial charge < -0.3 is 13.9 Å². The van der Waals surface area contributed by atoms with Gasteiger partial charge in [0.1, 0.15) is 18.6 Å². The van der Waals surface area contributed by atoms with Crippen LogP contribution >= 0.6 is 0 Å². The fraction of sp³-hybridized carbons (Fsp3) is 0.500. The number of carbonyl (C=O) groups is 1.